The van der Waals surface area contributed by atoms with E-state index in [4.69, 9.17) is 11.5 Å². The number of aromatic hydroxyl groups is 1. The predicted molar refractivity (Wildman–Crippen MR) is 147 cm³/mol. The Morgan fingerprint density at radius 3 is 2.50 bits per heavy atom. The minimum absolute atomic E-state index is 0.00166. The topological polar surface area (TPSA) is 143 Å². The van der Waals surface area contributed by atoms with Crippen molar-refractivity contribution in [3.63, 3.8) is 0 Å². The Morgan fingerprint density at radius 2 is 1.76 bits per heavy atom. The summed E-state index contributed by atoms with van der Waals surface area (Å²) in [5.41, 5.74) is 14.5. The molecule has 0 bridgehead atoms. The van der Waals surface area contributed by atoms with Crippen LogP contribution in [0, 0.1) is 0 Å². The number of hydrogen-bond acceptors (Lipinski definition) is 4. The number of nitrogens with one attached hydrogen (secondary N) is 1. The van der Waals surface area contributed by atoms with Crippen molar-refractivity contribution >= 4 is 11.9 Å². The second-order valence-corrected chi connectivity index (χ2v) is 10.5. The largest absolute Gasteiger partial charge is 0.493 e. The maximum Gasteiger partial charge on any atom is 0.329 e. The highest BCUT2D eigenvalue weighted by Gasteiger charge is 2.43. The van der Waals surface area contributed by atoms with E-state index in [0.717, 1.165) is 31.2 Å². The summed E-state index contributed by atoms with van der Waals surface area (Å²) < 4.78 is 1.22. The number of benzene rings is 2. The number of amides is 1. The molecule has 2 heterocycles. The normalized spacial score (nSPS) is 16.8. The van der Waals surface area contributed by atoms with Gasteiger partial charge in [-0.3, -0.25) is 14.4 Å². The fourth-order valence-corrected chi connectivity index (χ4v) is 6.19. The van der Waals surface area contributed by atoms with Crippen molar-refractivity contribution in [2.45, 2.75) is 56.4 Å². The van der Waals surface area contributed by atoms with E-state index in [-0.39, 0.29) is 23.2 Å². The average Bonchev–Trinajstić information content (AvgIpc) is 3.42. The van der Waals surface area contributed by atoms with Gasteiger partial charge in [0.15, 0.2) is 5.96 Å². The number of aromatic nitrogens is 2. The van der Waals surface area contributed by atoms with Gasteiger partial charge in [0.25, 0.3) is 0 Å². The number of likely N-dealkylation sites (tertiary alicyclic amines) is 1. The van der Waals surface area contributed by atoms with Crippen molar-refractivity contribution in [3.8, 4) is 5.88 Å². The molecule has 2 aromatic carbocycles. The fourth-order valence-electron chi connectivity index (χ4n) is 6.19. The van der Waals surface area contributed by atoms with Gasteiger partial charge in [0.1, 0.15) is 6.04 Å². The number of nitrogens with two attached hydrogens (primary N) is 2. The average molecular weight is 517 g/mol. The Labute approximate surface area is 222 Å². The van der Waals surface area contributed by atoms with Gasteiger partial charge >= 0.3 is 5.69 Å². The Hall–Kier alpha value is -4.01. The van der Waals surface area contributed by atoms with Gasteiger partial charge in [-0.2, -0.15) is 0 Å². The van der Waals surface area contributed by atoms with Crippen molar-refractivity contribution in [1.29, 1.82) is 0 Å². The molecule has 0 unspecified atom stereocenters. The molecule has 0 saturated carbocycles. The minimum atomic E-state index is -0.850. The van der Waals surface area contributed by atoms with Crippen molar-refractivity contribution in [2.75, 3.05) is 19.6 Å². The molecule has 200 valence electrons. The first-order valence-corrected chi connectivity index (χ1v) is 13.4. The lowest BCUT2D eigenvalue weighted by Crippen LogP contribution is -2.48. The first-order chi connectivity index (χ1) is 18.4. The molecule has 3 aromatic rings. The zero-order valence-corrected chi connectivity index (χ0v) is 21.6. The molecule has 6 N–H and O–H groups in total. The number of fused-ring (bicyclic) bond motifs is 2. The van der Waals surface area contributed by atoms with Crippen LogP contribution >= 0.6 is 0 Å². The predicted octanol–water partition coefficient (Wildman–Crippen LogP) is 2.38. The fraction of sp³-hybridized carbons (Fsp3) is 0.414. The van der Waals surface area contributed by atoms with Gasteiger partial charge in [0.05, 0.1) is 5.69 Å². The molecular formula is C29H36N6O3. The van der Waals surface area contributed by atoms with E-state index in [1.165, 1.54) is 15.7 Å². The van der Waals surface area contributed by atoms with Crippen LogP contribution in [0.5, 0.6) is 5.88 Å². The van der Waals surface area contributed by atoms with Gasteiger partial charge in [-0.15, -0.1) is 0 Å². The molecule has 1 saturated heterocycles. The van der Waals surface area contributed by atoms with Gasteiger partial charge in [-0.05, 0) is 60.6 Å². The summed E-state index contributed by atoms with van der Waals surface area (Å²) >= 11 is 0. The van der Waals surface area contributed by atoms with Gasteiger partial charge in [-0.1, -0.05) is 54.6 Å². The van der Waals surface area contributed by atoms with Crippen LogP contribution in [-0.2, 0) is 29.5 Å². The number of piperidine rings is 1. The van der Waals surface area contributed by atoms with Crippen LogP contribution in [0.25, 0.3) is 0 Å². The summed E-state index contributed by atoms with van der Waals surface area (Å²) in [6, 6.07) is 17.4. The molecule has 38 heavy (non-hydrogen) atoms. The van der Waals surface area contributed by atoms with E-state index in [1.54, 1.807) is 0 Å². The Bertz CT molecular complexity index is 1360. The quantitative estimate of drug-likeness (QED) is 0.207. The van der Waals surface area contributed by atoms with E-state index < -0.39 is 11.7 Å². The highest BCUT2D eigenvalue weighted by Crippen LogP contribution is 2.46. The lowest BCUT2D eigenvalue weighted by Gasteiger charge is -2.41. The molecule has 1 spiro atoms. The number of imidazole rings is 1. The monoisotopic (exact) mass is 516 g/mol. The number of guanidine groups is 1. The number of aliphatic imine (C=N–C) groups is 1. The molecule has 1 amide bonds. The summed E-state index contributed by atoms with van der Waals surface area (Å²) in [5, 5.41) is 11.1. The van der Waals surface area contributed by atoms with Gasteiger partial charge in [0.2, 0.25) is 11.8 Å². The SMILES string of the molecule is NC(N)=NCCCc1[nH]c(=O)n([C@H](Cc2ccccc2)C(=O)N2CCC3(CCc4ccccc43)CC2)c1O. The van der Waals surface area contributed by atoms with Gasteiger partial charge in [0, 0.05) is 26.1 Å². The lowest BCUT2D eigenvalue weighted by atomic mass is 9.74. The molecule has 1 aliphatic heterocycles. The summed E-state index contributed by atoms with van der Waals surface area (Å²) in [5.74, 6) is -0.344. The molecule has 1 atom stereocenters. The lowest BCUT2D eigenvalue weighted by molar-refractivity contribution is -0.136. The maximum absolute atomic E-state index is 14.0. The molecule has 1 aromatic heterocycles. The van der Waals surface area contributed by atoms with Crippen LogP contribution in [0.3, 0.4) is 0 Å². The van der Waals surface area contributed by atoms with Crippen LogP contribution in [0.15, 0.2) is 64.4 Å². The summed E-state index contributed by atoms with van der Waals surface area (Å²) in [4.78, 5) is 35.6. The highest BCUT2D eigenvalue weighted by molar-refractivity contribution is 5.81. The number of rotatable bonds is 8. The van der Waals surface area contributed by atoms with Crippen LogP contribution in [0.2, 0.25) is 0 Å². The minimum Gasteiger partial charge on any atom is -0.493 e. The molecule has 2 aliphatic rings. The Kier molecular flexibility index (Phi) is 7.26. The Morgan fingerprint density at radius 1 is 1.05 bits per heavy atom. The molecule has 1 fully saturated rings. The standard InChI is InChI=1S/C29H36N6O3/c30-27(31)32-16-6-11-23-25(36)35(28(38)33-23)24(19-20-7-2-1-3-8-20)26(37)34-17-14-29(15-18-34)13-12-21-9-4-5-10-22(21)29/h1-5,7-10,24,36H,6,11-19H2,(H,33,38)(H4,30,31,32)/t24-/m1/s1. The Balaban J connectivity index is 1.37. The van der Waals surface area contributed by atoms with Crippen molar-refractivity contribution in [1.82, 2.24) is 14.5 Å². The van der Waals surface area contributed by atoms with E-state index in [2.05, 4.69) is 34.2 Å². The summed E-state index contributed by atoms with van der Waals surface area (Å²) in [6.07, 6.45) is 5.22. The zero-order valence-electron chi connectivity index (χ0n) is 21.6. The summed E-state index contributed by atoms with van der Waals surface area (Å²) in [7, 11) is 0. The first kappa shape index (κ1) is 25.6. The molecule has 0 radical (unpaired) electrons. The van der Waals surface area contributed by atoms with Crippen LogP contribution in [0.1, 0.15) is 54.1 Å². The smallest absolute Gasteiger partial charge is 0.329 e. The first-order valence-electron chi connectivity index (χ1n) is 13.4. The third-order valence-electron chi connectivity index (χ3n) is 8.22. The number of H-pyrrole nitrogens is 1. The maximum atomic E-state index is 14.0. The number of nitrogens with zero attached hydrogens (tertiary/aromatic N) is 3. The van der Waals surface area contributed by atoms with Crippen molar-refractivity contribution < 1.29 is 9.90 Å². The van der Waals surface area contributed by atoms with Gasteiger partial charge < -0.3 is 26.5 Å². The number of aryl methyl sites for hydroxylation is 2. The molecule has 9 heteroatoms. The van der Waals surface area contributed by atoms with Crippen molar-refractivity contribution in [3.05, 3.63) is 87.5 Å². The molecular weight excluding hydrogens is 480 g/mol. The summed E-state index contributed by atoms with van der Waals surface area (Å²) in [6.45, 7) is 1.63. The van der Waals surface area contributed by atoms with E-state index in [9.17, 15) is 14.7 Å². The number of hydrogen-bond donors (Lipinski definition) is 4. The van der Waals surface area contributed by atoms with Gasteiger partial charge in [-0.25, -0.2) is 4.79 Å². The third kappa shape index (κ3) is 5.05. The molecule has 5 rings (SSSR count). The van der Waals surface area contributed by atoms with E-state index in [1.807, 2.05) is 35.2 Å². The molecule has 9 nitrogen and oxygen atoms in total. The number of carbonyl (C=O) groups is 1. The number of carbonyl (C=O) groups excluding carboxylic acids is 1. The second kappa shape index (κ2) is 10.8. The second-order valence-electron chi connectivity index (χ2n) is 10.5. The van der Waals surface area contributed by atoms with E-state index in [0.29, 0.717) is 44.6 Å². The number of aromatic amines is 1. The molecule has 1 aliphatic carbocycles. The van der Waals surface area contributed by atoms with Crippen molar-refractivity contribution in [2.24, 2.45) is 16.5 Å². The third-order valence-corrected chi connectivity index (χ3v) is 8.22. The zero-order chi connectivity index (χ0) is 26.7. The van der Waals surface area contributed by atoms with Crippen LogP contribution in [-0.4, -0.2) is 51.1 Å². The van der Waals surface area contributed by atoms with Crippen LogP contribution in [0.4, 0.5) is 0 Å². The van der Waals surface area contributed by atoms with E-state index >= 15 is 0 Å². The highest BCUT2D eigenvalue weighted by atomic mass is 16.3. The van der Waals surface area contributed by atoms with Crippen LogP contribution < -0.4 is 17.2 Å².